The zero-order valence-electron chi connectivity index (χ0n) is 17.4. The van der Waals surface area contributed by atoms with Crippen molar-refractivity contribution in [3.8, 4) is 17.1 Å². The number of aryl methyl sites for hydroxylation is 1. The van der Waals surface area contributed by atoms with Crippen LogP contribution in [0.3, 0.4) is 0 Å². The molecule has 0 radical (unpaired) electrons. The summed E-state index contributed by atoms with van der Waals surface area (Å²) >= 11 is 0. The fourth-order valence-electron chi connectivity index (χ4n) is 4.06. The van der Waals surface area contributed by atoms with Crippen molar-refractivity contribution in [1.29, 1.82) is 0 Å². The van der Waals surface area contributed by atoms with Crippen molar-refractivity contribution in [3.63, 3.8) is 0 Å². The maximum Gasteiger partial charge on any atom is 0.217 e. The largest absolute Gasteiger partial charge is 0.478 e. The van der Waals surface area contributed by atoms with Crippen LogP contribution in [-0.2, 0) is 0 Å². The van der Waals surface area contributed by atoms with E-state index in [1.165, 1.54) is 30.5 Å². The van der Waals surface area contributed by atoms with E-state index in [0.717, 1.165) is 37.3 Å². The molecule has 0 saturated carbocycles. The molecule has 5 heteroatoms. The van der Waals surface area contributed by atoms with Gasteiger partial charge in [0.15, 0.2) is 0 Å². The van der Waals surface area contributed by atoms with Crippen molar-refractivity contribution >= 4 is 0 Å². The molecule has 0 aliphatic carbocycles. The summed E-state index contributed by atoms with van der Waals surface area (Å²) in [6, 6.07) is 19.0. The molecule has 0 bridgehead atoms. The van der Waals surface area contributed by atoms with Gasteiger partial charge in [-0.25, -0.2) is 9.37 Å². The van der Waals surface area contributed by atoms with Crippen LogP contribution in [0.2, 0.25) is 0 Å². The molecule has 1 aliphatic rings. The van der Waals surface area contributed by atoms with Crippen LogP contribution in [0.15, 0.2) is 60.7 Å². The van der Waals surface area contributed by atoms with Crippen molar-refractivity contribution in [2.75, 3.05) is 26.2 Å². The minimum absolute atomic E-state index is 0.256. The first-order valence-corrected chi connectivity index (χ1v) is 10.7. The lowest BCUT2D eigenvalue weighted by molar-refractivity contribution is 0.191. The van der Waals surface area contributed by atoms with E-state index in [4.69, 9.17) is 4.74 Å². The molecule has 1 fully saturated rings. The minimum atomic E-state index is -0.256. The molecule has 1 aliphatic heterocycles. The molecule has 3 aromatic rings. The Labute approximate surface area is 177 Å². The maximum atomic E-state index is 13.2. The maximum absolute atomic E-state index is 13.2. The smallest absolute Gasteiger partial charge is 0.217 e. The fourth-order valence-corrected chi connectivity index (χ4v) is 4.06. The summed E-state index contributed by atoms with van der Waals surface area (Å²) in [5.41, 5.74) is 3.07. The van der Waals surface area contributed by atoms with E-state index in [-0.39, 0.29) is 5.82 Å². The number of rotatable bonds is 7. The van der Waals surface area contributed by atoms with Gasteiger partial charge in [0.25, 0.3) is 0 Å². The summed E-state index contributed by atoms with van der Waals surface area (Å²) in [5.74, 6) is 1.65. The topological polar surface area (TPSA) is 38.2 Å². The van der Waals surface area contributed by atoms with E-state index in [0.29, 0.717) is 24.2 Å². The molecule has 0 N–H and O–H groups in total. The van der Waals surface area contributed by atoms with Crippen LogP contribution in [0, 0.1) is 12.7 Å². The van der Waals surface area contributed by atoms with Gasteiger partial charge in [-0.1, -0.05) is 30.3 Å². The molecule has 2 heterocycles. The first-order chi connectivity index (χ1) is 14.7. The van der Waals surface area contributed by atoms with E-state index in [9.17, 15) is 4.39 Å². The van der Waals surface area contributed by atoms with Crippen LogP contribution in [0.4, 0.5) is 4.39 Å². The summed E-state index contributed by atoms with van der Waals surface area (Å²) in [6.07, 6.45) is 3.40. The number of piperidine rings is 1. The quantitative estimate of drug-likeness (QED) is 0.504. The van der Waals surface area contributed by atoms with E-state index < -0.39 is 0 Å². The van der Waals surface area contributed by atoms with Crippen LogP contribution in [0.25, 0.3) is 11.3 Å². The Bertz CT molecular complexity index is 938. The predicted molar refractivity (Wildman–Crippen MR) is 117 cm³/mol. The zero-order valence-corrected chi connectivity index (χ0v) is 17.4. The zero-order chi connectivity index (χ0) is 20.8. The molecular weight excluding hydrogens is 377 g/mol. The summed E-state index contributed by atoms with van der Waals surface area (Å²) in [6.45, 7) is 5.78. The van der Waals surface area contributed by atoms with E-state index in [1.54, 1.807) is 12.1 Å². The Morgan fingerprint density at radius 2 is 1.73 bits per heavy atom. The van der Waals surface area contributed by atoms with Crippen molar-refractivity contribution < 1.29 is 9.13 Å². The standard InChI is InChI=1S/C25H28FN3O/c1-19-27-24(22-8-10-23(26)11-9-22)18-25(28-19)30-17-5-14-29-15-12-21(13-16-29)20-6-3-2-4-7-20/h2-4,6-11,18,21H,5,12-17H2,1H3. The van der Waals surface area contributed by atoms with Crippen LogP contribution in [0.1, 0.15) is 36.6 Å². The number of likely N-dealkylation sites (tertiary alicyclic amines) is 1. The van der Waals surface area contributed by atoms with Gasteiger partial charge in [-0.05, 0) is 75.0 Å². The third-order valence-corrected chi connectivity index (χ3v) is 5.68. The average molecular weight is 406 g/mol. The highest BCUT2D eigenvalue weighted by molar-refractivity contribution is 5.59. The third-order valence-electron chi connectivity index (χ3n) is 5.68. The molecule has 1 saturated heterocycles. The summed E-state index contributed by atoms with van der Waals surface area (Å²) in [5, 5.41) is 0. The van der Waals surface area contributed by atoms with Crippen LogP contribution in [0.5, 0.6) is 5.88 Å². The molecule has 0 amide bonds. The van der Waals surface area contributed by atoms with Gasteiger partial charge in [-0.2, -0.15) is 4.98 Å². The second kappa shape index (κ2) is 9.81. The van der Waals surface area contributed by atoms with E-state index >= 15 is 0 Å². The Morgan fingerprint density at radius 3 is 2.47 bits per heavy atom. The van der Waals surface area contributed by atoms with E-state index in [2.05, 4.69) is 45.2 Å². The Kier molecular flexibility index (Phi) is 6.70. The summed E-state index contributed by atoms with van der Waals surface area (Å²) < 4.78 is 19.1. The highest BCUT2D eigenvalue weighted by atomic mass is 19.1. The van der Waals surface area contributed by atoms with Gasteiger partial charge >= 0.3 is 0 Å². The molecular formula is C25H28FN3O. The van der Waals surface area contributed by atoms with Gasteiger partial charge in [0.1, 0.15) is 11.6 Å². The molecule has 30 heavy (non-hydrogen) atoms. The Hall–Kier alpha value is -2.79. The first kappa shape index (κ1) is 20.5. The highest BCUT2D eigenvalue weighted by Gasteiger charge is 2.20. The van der Waals surface area contributed by atoms with Gasteiger partial charge < -0.3 is 9.64 Å². The van der Waals surface area contributed by atoms with Crippen molar-refractivity contribution in [2.45, 2.75) is 32.1 Å². The van der Waals surface area contributed by atoms with Crippen molar-refractivity contribution in [3.05, 3.63) is 77.9 Å². The summed E-state index contributed by atoms with van der Waals surface area (Å²) in [7, 11) is 0. The number of aromatic nitrogens is 2. The molecule has 4 rings (SSSR count). The van der Waals surface area contributed by atoms with E-state index in [1.807, 2.05) is 13.0 Å². The predicted octanol–water partition coefficient (Wildman–Crippen LogP) is 5.24. The second-order valence-corrected chi connectivity index (χ2v) is 7.87. The number of benzene rings is 2. The highest BCUT2D eigenvalue weighted by Crippen LogP contribution is 2.27. The van der Waals surface area contributed by atoms with Crippen LogP contribution in [-0.4, -0.2) is 41.1 Å². The number of hydrogen-bond donors (Lipinski definition) is 0. The lowest BCUT2D eigenvalue weighted by Crippen LogP contribution is -2.34. The second-order valence-electron chi connectivity index (χ2n) is 7.87. The number of nitrogens with zero attached hydrogens (tertiary/aromatic N) is 3. The molecule has 2 aromatic carbocycles. The molecule has 156 valence electrons. The minimum Gasteiger partial charge on any atom is -0.478 e. The third kappa shape index (κ3) is 5.42. The monoisotopic (exact) mass is 405 g/mol. The lowest BCUT2D eigenvalue weighted by atomic mass is 9.89. The molecule has 0 atom stereocenters. The van der Waals surface area contributed by atoms with Crippen LogP contribution < -0.4 is 4.74 Å². The molecule has 0 unspecified atom stereocenters. The number of ether oxygens (including phenoxy) is 1. The summed E-state index contributed by atoms with van der Waals surface area (Å²) in [4.78, 5) is 11.4. The van der Waals surface area contributed by atoms with Gasteiger partial charge in [-0.15, -0.1) is 0 Å². The number of halogens is 1. The Morgan fingerprint density at radius 1 is 1.00 bits per heavy atom. The molecule has 1 aromatic heterocycles. The van der Waals surface area contributed by atoms with Gasteiger partial charge in [0.05, 0.1) is 12.3 Å². The SMILES string of the molecule is Cc1nc(OCCCN2CCC(c3ccccc3)CC2)cc(-c2ccc(F)cc2)n1. The first-order valence-electron chi connectivity index (χ1n) is 10.7. The fraction of sp³-hybridized carbons (Fsp3) is 0.360. The lowest BCUT2D eigenvalue weighted by Gasteiger charge is -2.32. The molecule has 0 spiro atoms. The van der Waals surface area contributed by atoms with Gasteiger partial charge in [-0.3, -0.25) is 0 Å². The van der Waals surface area contributed by atoms with Crippen molar-refractivity contribution in [2.24, 2.45) is 0 Å². The molecule has 4 nitrogen and oxygen atoms in total. The van der Waals surface area contributed by atoms with Gasteiger partial charge in [0.2, 0.25) is 5.88 Å². The Balaban J connectivity index is 1.24. The normalized spacial score (nSPS) is 15.3. The number of hydrogen-bond acceptors (Lipinski definition) is 4. The average Bonchev–Trinajstić information content (AvgIpc) is 2.78. The van der Waals surface area contributed by atoms with Crippen LogP contribution >= 0.6 is 0 Å². The van der Waals surface area contributed by atoms with Crippen molar-refractivity contribution in [1.82, 2.24) is 14.9 Å². The van der Waals surface area contributed by atoms with Gasteiger partial charge in [0, 0.05) is 18.2 Å².